The molecule has 8 nitrogen and oxygen atoms in total. The number of amides is 1. The number of nitrogens with one attached hydrogen (secondary N) is 2. The highest BCUT2D eigenvalue weighted by molar-refractivity contribution is 7.89. The van der Waals surface area contributed by atoms with E-state index in [0.717, 1.165) is 4.88 Å². The number of carbonyl (C=O) groups excluding carboxylic acids is 1. The quantitative estimate of drug-likeness (QED) is 0.382. The molecule has 0 fully saturated rings. The number of phenolic OH excluding ortho intramolecular Hbond substituents is 1. The van der Waals surface area contributed by atoms with Gasteiger partial charge in [0.25, 0.3) is 5.91 Å². The number of benzene rings is 2. The first-order chi connectivity index (χ1) is 15.4. The molecule has 4 aromatic rings. The van der Waals surface area contributed by atoms with Crippen LogP contribution in [0.2, 0.25) is 0 Å². The van der Waals surface area contributed by atoms with E-state index in [2.05, 4.69) is 20.0 Å². The summed E-state index contributed by atoms with van der Waals surface area (Å²) in [6.45, 7) is 0.180. The Balaban J connectivity index is 1.45. The normalized spacial score (nSPS) is 11.2. The van der Waals surface area contributed by atoms with Gasteiger partial charge in [0.05, 0.1) is 23.0 Å². The van der Waals surface area contributed by atoms with E-state index in [-0.39, 0.29) is 22.8 Å². The van der Waals surface area contributed by atoms with Gasteiger partial charge >= 0.3 is 0 Å². The van der Waals surface area contributed by atoms with Gasteiger partial charge in [0.1, 0.15) is 5.75 Å². The van der Waals surface area contributed by atoms with E-state index >= 15 is 0 Å². The van der Waals surface area contributed by atoms with Crippen LogP contribution >= 0.6 is 11.3 Å². The average molecular weight is 467 g/mol. The summed E-state index contributed by atoms with van der Waals surface area (Å²) in [5.41, 5.74) is 1.17. The molecular weight excluding hydrogens is 448 g/mol. The van der Waals surface area contributed by atoms with Crippen LogP contribution in [0.3, 0.4) is 0 Å². The second-order valence-electron chi connectivity index (χ2n) is 6.73. The Kier molecular flexibility index (Phi) is 6.26. The average Bonchev–Trinajstić information content (AvgIpc) is 3.32. The van der Waals surface area contributed by atoms with E-state index in [1.165, 1.54) is 54.1 Å². The van der Waals surface area contributed by atoms with Crippen LogP contribution in [0, 0.1) is 0 Å². The van der Waals surface area contributed by atoms with Crippen molar-refractivity contribution < 1.29 is 18.3 Å². The minimum absolute atomic E-state index is 0.00260. The maximum absolute atomic E-state index is 12.6. The fourth-order valence-electron chi connectivity index (χ4n) is 2.86. The second-order valence-corrected chi connectivity index (χ2v) is 9.53. The number of sulfonamides is 1. The van der Waals surface area contributed by atoms with Crippen LogP contribution in [0.5, 0.6) is 5.75 Å². The molecule has 0 saturated heterocycles. The monoisotopic (exact) mass is 466 g/mol. The first-order valence-corrected chi connectivity index (χ1v) is 11.8. The van der Waals surface area contributed by atoms with Crippen molar-refractivity contribution in [2.24, 2.45) is 0 Å². The summed E-state index contributed by atoms with van der Waals surface area (Å²) >= 11 is 1.45. The van der Waals surface area contributed by atoms with Gasteiger partial charge in [-0.15, -0.1) is 11.3 Å². The van der Waals surface area contributed by atoms with E-state index < -0.39 is 15.9 Å². The molecule has 0 aliphatic heterocycles. The van der Waals surface area contributed by atoms with Gasteiger partial charge in [0.2, 0.25) is 10.0 Å². The molecule has 0 aliphatic carbocycles. The van der Waals surface area contributed by atoms with Crippen LogP contribution in [0.25, 0.3) is 11.4 Å². The minimum Gasteiger partial charge on any atom is -0.508 e. The molecule has 0 radical (unpaired) electrons. The van der Waals surface area contributed by atoms with Crippen molar-refractivity contribution in [1.82, 2.24) is 14.7 Å². The smallest absolute Gasteiger partial charge is 0.255 e. The second kappa shape index (κ2) is 9.27. The van der Waals surface area contributed by atoms with E-state index in [9.17, 15) is 18.3 Å². The lowest BCUT2D eigenvalue weighted by Crippen LogP contribution is -2.23. The Morgan fingerprint density at radius 2 is 1.78 bits per heavy atom. The summed E-state index contributed by atoms with van der Waals surface area (Å²) < 4.78 is 27.7. The van der Waals surface area contributed by atoms with E-state index in [0.29, 0.717) is 17.1 Å². The molecule has 2 aromatic carbocycles. The first kappa shape index (κ1) is 21.6. The van der Waals surface area contributed by atoms with Crippen molar-refractivity contribution in [2.75, 3.05) is 5.32 Å². The zero-order chi connectivity index (χ0) is 22.6. The summed E-state index contributed by atoms with van der Waals surface area (Å²) in [6, 6.07) is 16.0. The fourth-order valence-corrected chi connectivity index (χ4v) is 4.65. The number of phenols is 1. The molecule has 0 aliphatic rings. The van der Waals surface area contributed by atoms with Crippen LogP contribution in [0.4, 0.5) is 5.69 Å². The molecule has 0 unspecified atom stereocenters. The van der Waals surface area contributed by atoms with Crippen LogP contribution in [0.15, 0.2) is 83.3 Å². The molecule has 0 atom stereocenters. The molecule has 2 heterocycles. The summed E-state index contributed by atoms with van der Waals surface area (Å²) in [5.74, 6) is 0.000934. The molecule has 10 heteroatoms. The van der Waals surface area contributed by atoms with Crippen molar-refractivity contribution in [3.05, 3.63) is 88.9 Å². The van der Waals surface area contributed by atoms with E-state index in [1.54, 1.807) is 18.2 Å². The third kappa shape index (κ3) is 5.17. The van der Waals surface area contributed by atoms with Gasteiger partial charge in [-0.2, -0.15) is 0 Å². The van der Waals surface area contributed by atoms with Gasteiger partial charge in [0, 0.05) is 22.5 Å². The molecule has 162 valence electrons. The zero-order valence-corrected chi connectivity index (χ0v) is 18.2. The Hall–Kier alpha value is -3.60. The van der Waals surface area contributed by atoms with Crippen molar-refractivity contribution in [3.8, 4) is 17.1 Å². The summed E-state index contributed by atoms with van der Waals surface area (Å²) in [7, 11) is -3.77. The highest BCUT2D eigenvalue weighted by Crippen LogP contribution is 2.20. The van der Waals surface area contributed by atoms with Crippen LogP contribution in [-0.2, 0) is 16.6 Å². The zero-order valence-electron chi connectivity index (χ0n) is 16.6. The predicted molar refractivity (Wildman–Crippen MR) is 122 cm³/mol. The van der Waals surface area contributed by atoms with Crippen LogP contribution in [0.1, 0.15) is 15.2 Å². The lowest BCUT2D eigenvalue weighted by Gasteiger charge is -2.09. The van der Waals surface area contributed by atoms with Crippen LogP contribution in [-0.4, -0.2) is 29.4 Å². The highest BCUT2D eigenvalue weighted by Gasteiger charge is 2.17. The third-order valence-corrected chi connectivity index (χ3v) is 6.71. The van der Waals surface area contributed by atoms with E-state index in [1.807, 2.05) is 17.5 Å². The largest absolute Gasteiger partial charge is 0.508 e. The molecule has 0 spiro atoms. The number of hydrogen-bond acceptors (Lipinski definition) is 7. The number of hydrogen-bond donors (Lipinski definition) is 3. The first-order valence-electron chi connectivity index (χ1n) is 9.46. The fraction of sp³-hybridized carbons (Fsp3) is 0.0455. The molecule has 1 amide bonds. The van der Waals surface area contributed by atoms with E-state index in [4.69, 9.17) is 0 Å². The molecule has 4 rings (SSSR count). The minimum atomic E-state index is -3.77. The highest BCUT2D eigenvalue weighted by atomic mass is 32.2. The number of aromatic hydroxyl groups is 1. The molecule has 32 heavy (non-hydrogen) atoms. The SMILES string of the molecule is O=C(Nc1cnc(-c2cccc(O)c2)nc1)c1cccc(S(=O)(=O)NCc2cccs2)c1. The number of carbonyl (C=O) groups is 1. The number of aromatic nitrogens is 2. The lowest BCUT2D eigenvalue weighted by atomic mass is 10.2. The van der Waals surface area contributed by atoms with Gasteiger partial charge < -0.3 is 10.4 Å². The molecule has 0 bridgehead atoms. The maximum Gasteiger partial charge on any atom is 0.255 e. The predicted octanol–water partition coefficient (Wildman–Crippen LogP) is 3.64. The summed E-state index contributed by atoms with van der Waals surface area (Å²) in [5, 5.41) is 14.1. The Morgan fingerprint density at radius 1 is 1.00 bits per heavy atom. The standard InChI is InChI=1S/C22H18N4O4S2/c27-18-6-1-4-15(10-18)21-23-12-17(13-24-21)26-22(28)16-5-2-8-20(11-16)32(29,30)25-14-19-7-3-9-31-19/h1-13,25,27H,14H2,(H,26,28). The van der Waals surface area contributed by atoms with Crippen molar-refractivity contribution in [1.29, 1.82) is 0 Å². The Morgan fingerprint density at radius 3 is 2.50 bits per heavy atom. The summed E-state index contributed by atoms with van der Waals surface area (Å²) in [6.07, 6.45) is 2.88. The van der Waals surface area contributed by atoms with Gasteiger partial charge in [0.15, 0.2) is 5.82 Å². The number of anilines is 1. The van der Waals surface area contributed by atoms with Gasteiger partial charge in [-0.25, -0.2) is 23.1 Å². The number of nitrogens with zero attached hydrogens (tertiary/aromatic N) is 2. The Labute approximate surface area is 188 Å². The molecular formula is C22H18N4O4S2. The van der Waals surface area contributed by atoms with Gasteiger partial charge in [-0.3, -0.25) is 4.79 Å². The number of rotatable bonds is 7. The number of thiophene rings is 1. The van der Waals surface area contributed by atoms with Crippen molar-refractivity contribution in [2.45, 2.75) is 11.4 Å². The van der Waals surface area contributed by atoms with Gasteiger partial charge in [-0.1, -0.05) is 24.3 Å². The molecule has 0 saturated carbocycles. The topological polar surface area (TPSA) is 121 Å². The maximum atomic E-state index is 12.6. The van der Waals surface area contributed by atoms with Crippen molar-refractivity contribution >= 4 is 33.0 Å². The van der Waals surface area contributed by atoms with Gasteiger partial charge in [-0.05, 0) is 41.8 Å². The molecule has 3 N–H and O–H groups in total. The molecule has 2 aromatic heterocycles. The van der Waals surface area contributed by atoms with Crippen LogP contribution < -0.4 is 10.0 Å². The third-order valence-electron chi connectivity index (χ3n) is 4.44. The summed E-state index contributed by atoms with van der Waals surface area (Å²) in [4.78, 5) is 21.9. The Bertz CT molecular complexity index is 1340. The van der Waals surface area contributed by atoms with Crippen molar-refractivity contribution in [3.63, 3.8) is 0 Å². The lowest BCUT2D eigenvalue weighted by molar-refractivity contribution is 0.102.